The van der Waals surface area contributed by atoms with Crippen LogP contribution in [0.1, 0.15) is 0 Å². The van der Waals surface area contributed by atoms with Gasteiger partial charge in [-0.3, -0.25) is 0 Å². The third-order valence-electron chi connectivity index (χ3n) is 3.74. The van der Waals surface area contributed by atoms with Crippen LogP contribution in [0.15, 0.2) is 75.8 Å². The Kier molecular flexibility index (Phi) is 4.52. The van der Waals surface area contributed by atoms with E-state index in [1.165, 1.54) is 26.2 Å². The fourth-order valence-electron chi connectivity index (χ4n) is 2.36. The molecule has 0 heterocycles. The summed E-state index contributed by atoms with van der Waals surface area (Å²) in [5.41, 5.74) is 0.959. The summed E-state index contributed by atoms with van der Waals surface area (Å²) < 4.78 is 25.7. The second-order valence-electron chi connectivity index (χ2n) is 5.64. The quantitative estimate of drug-likeness (QED) is 0.712. The van der Waals surface area contributed by atoms with E-state index < -0.39 is 10.0 Å². The molecule has 0 aliphatic rings. The van der Waals surface area contributed by atoms with E-state index in [-0.39, 0.29) is 10.6 Å². The zero-order chi connectivity index (χ0) is 18.0. The average Bonchev–Trinajstić information content (AvgIpc) is 2.61. The standard InChI is InChI=1S/C18H17N3O3S/c1-21(2)25(23,24)15-9-10-16-13(12-15)8-11-17(22)18(16)20-19-14-6-4-3-5-7-14/h3-12,22H,1-2H3. The fourth-order valence-corrected chi connectivity index (χ4v) is 3.30. The first-order valence-corrected chi connectivity index (χ1v) is 8.98. The predicted molar refractivity (Wildman–Crippen MR) is 97.1 cm³/mol. The van der Waals surface area contributed by atoms with E-state index in [0.717, 1.165) is 4.31 Å². The van der Waals surface area contributed by atoms with E-state index in [4.69, 9.17) is 0 Å². The van der Waals surface area contributed by atoms with E-state index in [1.54, 1.807) is 30.3 Å². The second-order valence-corrected chi connectivity index (χ2v) is 7.79. The Morgan fingerprint density at radius 2 is 1.64 bits per heavy atom. The summed E-state index contributed by atoms with van der Waals surface area (Å²) in [6, 6.07) is 17.0. The van der Waals surface area contributed by atoms with Gasteiger partial charge in [-0.05, 0) is 35.7 Å². The zero-order valence-electron chi connectivity index (χ0n) is 13.8. The maximum atomic E-state index is 12.3. The molecule has 0 unspecified atom stereocenters. The fraction of sp³-hybridized carbons (Fsp3) is 0.111. The molecule has 128 valence electrons. The molecule has 0 spiro atoms. The number of benzene rings is 3. The van der Waals surface area contributed by atoms with E-state index in [1.807, 2.05) is 18.2 Å². The van der Waals surface area contributed by atoms with Gasteiger partial charge in [0.2, 0.25) is 10.0 Å². The first-order valence-electron chi connectivity index (χ1n) is 7.54. The van der Waals surface area contributed by atoms with Gasteiger partial charge in [0.1, 0.15) is 11.4 Å². The van der Waals surface area contributed by atoms with Crippen molar-refractivity contribution in [3.05, 3.63) is 60.7 Å². The molecule has 3 aromatic carbocycles. The maximum Gasteiger partial charge on any atom is 0.242 e. The molecule has 0 aliphatic heterocycles. The highest BCUT2D eigenvalue weighted by molar-refractivity contribution is 7.89. The molecular weight excluding hydrogens is 338 g/mol. The number of phenolic OH excluding ortho intramolecular Hbond substituents is 1. The van der Waals surface area contributed by atoms with Crippen molar-refractivity contribution in [3.8, 4) is 5.75 Å². The lowest BCUT2D eigenvalue weighted by Crippen LogP contribution is -2.22. The number of nitrogens with zero attached hydrogens (tertiary/aromatic N) is 3. The van der Waals surface area contributed by atoms with Crippen molar-refractivity contribution in [1.29, 1.82) is 0 Å². The predicted octanol–water partition coefficient (Wildman–Crippen LogP) is 4.21. The van der Waals surface area contributed by atoms with Crippen LogP contribution in [0.5, 0.6) is 5.75 Å². The molecule has 0 amide bonds. The van der Waals surface area contributed by atoms with E-state index >= 15 is 0 Å². The molecule has 25 heavy (non-hydrogen) atoms. The van der Waals surface area contributed by atoms with Crippen molar-refractivity contribution >= 4 is 32.2 Å². The van der Waals surface area contributed by atoms with Crippen molar-refractivity contribution in [2.75, 3.05) is 14.1 Å². The molecule has 3 rings (SSSR count). The van der Waals surface area contributed by atoms with Crippen LogP contribution in [0, 0.1) is 0 Å². The van der Waals surface area contributed by atoms with Crippen molar-refractivity contribution in [3.63, 3.8) is 0 Å². The lowest BCUT2D eigenvalue weighted by Gasteiger charge is -2.12. The molecule has 0 fully saturated rings. The molecule has 0 aliphatic carbocycles. The van der Waals surface area contributed by atoms with Crippen LogP contribution in [0.3, 0.4) is 0 Å². The largest absolute Gasteiger partial charge is 0.506 e. The van der Waals surface area contributed by atoms with Gasteiger partial charge in [-0.1, -0.05) is 30.3 Å². The van der Waals surface area contributed by atoms with Crippen LogP contribution >= 0.6 is 0 Å². The normalized spacial score (nSPS) is 12.3. The van der Waals surface area contributed by atoms with Crippen molar-refractivity contribution in [2.24, 2.45) is 10.2 Å². The summed E-state index contributed by atoms with van der Waals surface area (Å²) in [5.74, 6) is -0.0182. The van der Waals surface area contributed by atoms with Gasteiger partial charge in [0, 0.05) is 19.5 Å². The van der Waals surface area contributed by atoms with Gasteiger partial charge in [0.25, 0.3) is 0 Å². The molecule has 0 saturated heterocycles. The van der Waals surface area contributed by atoms with Crippen molar-refractivity contribution in [2.45, 2.75) is 4.90 Å². The summed E-state index contributed by atoms with van der Waals surface area (Å²) in [5, 5.41) is 19.7. The van der Waals surface area contributed by atoms with Gasteiger partial charge < -0.3 is 5.11 Å². The molecule has 6 nitrogen and oxygen atoms in total. The molecule has 3 aromatic rings. The first kappa shape index (κ1) is 17.1. The van der Waals surface area contributed by atoms with Crippen molar-refractivity contribution < 1.29 is 13.5 Å². The number of phenols is 1. The van der Waals surface area contributed by atoms with Crippen LogP contribution in [0.25, 0.3) is 10.8 Å². The van der Waals surface area contributed by atoms with Crippen LogP contribution in [0.2, 0.25) is 0 Å². The Morgan fingerprint density at radius 1 is 0.920 bits per heavy atom. The third-order valence-corrected chi connectivity index (χ3v) is 5.55. The minimum Gasteiger partial charge on any atom is -0.506 e. The maximum absolute atomic E-state index is 12.3. The Morgan fingerprint density at radius 3 is 2.32 bits per heavy atom. The van der Waals surface area contributed by atoms with Gasteiger partial charge in [0.05, 0.1) is 10.6 Å². The van der Waals surface area contributed by atoms with Crippen LogP contribution in [0.4, 0.5) is 11.4 Å². The molecule has 1 N–H and O–H groups in total. The van der Waals surface area contributed by atoms with Gasteiger partial charge in [0.15, 0.2) is 0 Å². The summed E-state index contributed by atoms with van der Waals surface area (Å²) in [6.45, 7) is 0. The number of azo groups is 1. The minimum atomic E-state index is -3.53. The number of aromatic hydroxyl groups is 1. The third kappa shape index (κ3) is 3.38. The van der Waals surface area contributed by atoms with Gasteiger partial charge in [-0.15, -0.1) is 5.11 Å². The Balaban J connectivity index is 2.11. The highest BCUT2D eigenvalue weighted by Gasteiger charge is 2.18. The van der Waals surface area contributed by atoms with E-state index in [2.05, 4.69) is 10.2 Å². The molecule has 0 radical (unpaired) electrons. The average molecular weight is 355 g/mol. The Hall–Kier alpha value is -2.77. The number of sulfonamides is 1. The van der Waals surface area contributed by atoms with E-state index in [9.17, 15) is 13.5 Å². The molecule has 7 heteroatoms. The highest BCUT2D eigenvalue weighted by Crippen LogP contribution is 2.37. The molecule has 0 aromatic heterocycles. The van der Waals surface area contributed by atoms with Gasteiger partial charge in [-0.25, -0.2) is 12.7 Å². The second kappa shape index (κ2) is 6.62. The molecule has 0 atom stereocenters. The SMILES string of the molecule is CN(C)S(=O)(=O)c1ccc2c(N=Nc3ccccc3)c(O)ccc2c1. The van der Waals surface area contributed by atoms with Crippen LogP contribution in [-0.2, 0) is 10.0 Å². The summed E-state index contributed by atoms with van der Waals surface area (Å²) in [4.78, 5) is 0.182. The lowest BCUT2D eigenvalue weighted by atomic mass is 10.1. The lowest BCUT2D eigenvalue weighted by molar-refractivity contribution is 0.477. The molecular formula is C18H17N3O3S. The summed E-state index contributed by atoms with van der Waals surface area (Å²) in [6.07, 6.45) is 0. The first-order chi connectivity index (χ1) is 11.9. The van der Waals surface area contributed by atoms with Crippen molar-refractivity contribution in [1.82, 2.24) is 4.31 Å². The number of fused-ring (bicyclic) bond motifs is 1. The summed E-state index contributed by atoms with van der Waals surface area (Å²) in [7, 11) is -0.566. The molecule has 0 bridgehead atoms. The van der Waals surface area contributed by atoms with Gasteiger partial charge >= 0.3 is 0 Å². The smallest absolute Gasteiger partial charge is 0.242 e. The Bertz CT molecular complexity index is 1050. The highest BCUT2D eigenvalue weighted by atomic mass is 32.2. The van der Waals surface area contributed by atoms with Crippen LogP contribution in [-0.4, -0.2) is 31.9 Å². The monoisotopic (exact) mass is 355 g/mol. The number of hydrogen-bond acceptors (Lipinski definition) is 5. The zero-order valence-corrected chi connectivity index (χ0v) is 14.6. The van der Waals surface area contributed by atoms with Gasteiger partial charge in [-0.2, -0.15) is 5.11 Å². The molecule has 0 saturated carbocycles. The minimum absolute atomic E-state index is 0.0182. The number of hydrogen-bond donors (Lipinski definition) is 1. The van der Waals surface area contributed by atoms with E-state index in [0.29, 0.717) is 22.1 Å². The van der Waals surface area contributed by atoms with Crippen LogP contribution < -0.4 is 0 Å². The Labute approximate surface area is 146 Å². The number of rotatable bonds is 4. The summed E-state index contributed by atoms with van der Waals surface area (Å²) >= 11 is 0. The topological polar surface area (TPSA) is 82.3 Å².